The molecule has 106 valence electrons. The van der Waals surface area contributed by atoms with Crippen LogP contribution in [0.3, 0.4) is 0 Å². The molecule has 0 saturated carbocycles. The van der Waals surface area contributed by atoms with Crippen molar-refractivity contribution in [3.63, 3.8) is 0 Å². The summed E-state index contributed by atoms with van der Waals surface area (Å²) in [5.74, 6) is 0.768. The molecule has 0 radical (unpaired) electrons. The zero-order valence-electron chi connectivity index (χ0n) is 11.8. The van der Waals surface area contributed by atoms with Crippen LogP contribution in [0.1, 0.15) is 18.9 Å². The van der Waals surface area contributed by atoms with Crippen LogP contribution in [0.5, 0.6) is 0 Å². The van der Waals surface area contributed by atoms with Crippen LogP contribution in [0, 0.1) is 0 Å². The summed E-state index contributed by atoms with van der Waals surface area (Å²) in [5.41, 5.74) is 3.30. The maximum Gasteiger partial charge on any atom is 0.229 e. The molecule has 21 heavy (non-hydrogen) atoms. The van der Waals surface area contributed by atoms with Crippen LogP contribution in [0.4, 0.5) is 0 Å². The maximum absolute atomic E-state index is 6.29. The summed E-state index contributed by atoms with van der Waals surface area (Å²) >= 11 is 6.29. The quantitative estimate of drug-likeness (QED) is 0.708. The minimum atomic E-state index is 0.386. The standard InChI is InChI=1S/C17H16ClN3/c1-2-8-13-9-6-7-12-15(13)21-16(19-20-17(21)18)14-10-4-3-5-11-14/h3-7,9-12H,2,8H2,1H3. The number of benzene rings is 2. The highest BCUT2D eigenvalue weighted by molar-refractivity contribution is 6.28. The first kappa shape index (κ1) is 13.8. The SMILES string of the molecule is CCCc1ccccc1-n1c(Cl)nnc1-c1ccccc1. The van der Waals surface area contributed by atoms with E-state index >= 15 is 0 Å². The Bertz CT molecular complexity index is 735. The van der Waals surface area contributed by atoms with Gasteiger partial charge in [-0.1, -0.05) is 61.9 Å². The van der Waals surface area contributed by atoms with Gasteiger partial charge in [0.1, 0.15) is 0 Å². The summed E-state index contributed by atoms with van der Waals surface area (Å²) in [6.45, 7) is 2.17. The molecule has 3 rings (SSSR count). The van der Waals surface area contributed by atoms with Crippen LogP contribution in [0.25, 0.3) is 17.1 Å². The van der Waals surface area contributed by atoms with E-state index in [0.29, 0.717) is 5.28 Å². The molecule has 3 aromatic rings. The Hall–Kier alpha value is -2.13. The number of aromatic nitrogens is 3. The summed E-state index contributed by atoms with van der Waals surface area (Å²) in [6, 6.07) is 18.2. The second-order valence-corrected chi connectivity index (χ2v) is 5.21. The molecular formula is C17H16ClN3. The van der Waals surface area contributed by atoms with Crippen LogP contribution in [0.15, 0.2) is 54.6 Å². The number of hydrogen-bond donors (Lipinski definition) is 0. The Morgan fingerprint density at radius 3 is 2.43 bits per heavy atom. The van der Waals surface area contributed by atoms with Crippen molar-refractivity contribution in [2.75, 3.05) is 0 Å². The summed E-state index contributed by atoms with van der Waals surface area (Å²) in [4.78, 5) is 0. The Kier molecular flexibility index (Phi) is 4.02. The number of rotatable bonds is 4. The Labute approximate surface area is 129 Å². The molecule has 0 unspecified atom stereocenters. The van der Waals surface area contributed by atoms with E-state index in [1.807, 2.05) is 41.0 Å². The van der Waals surface area contributed by atoms with Gasteiger partial charge in [-0.25, -0.2) is 0 Å². The minimum Gasteiger partial charge on any atom is -0.265 e. The maximum atomic E-state index is 6.29. The predicted octanol–water partition coefficient (Wildman–Crippen LogP) is 4.54. The molecule has 3 nitrogen and oxygen atoms in total. The third-order valence-electron chi connectivity index (χ3n) is 3.41. The van der Waals surface area contributed by atoms with E-state index in [2.05, 4.69) is 35.3 Å². The van der Waals surface area contributed by atoms with Crippen molar-refractivity contribution in [1.82, 2.24) is 14.8 Å². The van der Waals surface area contributed by atoms with Gasteiger partial charge in [-0.2, -0.15) is 0 Å². The summed E-state index contributed by atoms with van der Waals surface area (Å²) in [5, 5.41) is 8.68. The Balaban J connectivity index is 2.18. The largest absolute Gasteiger partial charge is 0.265 e. The third-order valence-corrected chi connectivity index (χ3v) is 3.65. The monoisotopic (exact) mass is 297 g/mol. The van der Waals surface area contributed by atoms with E-state index < -0.39 is 0 Å². The fourth-order valence-electron chi connectivity index (χ4n) is 2.46. The van der Waals surface area contributed by atoms with Crippen LogP contribution < -0.4 is 0 Å². The molecule has 4 heteroatoms. The lowest BCUT2D eigenvalue weighted by Gasteiger charge is -2.12. The lowest BCUT2D eigenvalue weighted by molar-refractivity contribution is 0.899. The van der Waals surface area contributed by atoms with E-state index in [9.17, 15) is 0 Å². The van der Waals surface area contributed by atoms with Crippen LogP contribution in [-0.4, -0.2) is 14.8 Å². The van der Waals surface area contributed by atoms with Gasteiger partial charge in [-0.3, -0.25) is 4.57 Å². The van der Waals surface area contributed by atoms with Crippen molar-refractivity contribution in [2.24, 2.45) is 0 Å². The molecule has 0 atom stereocenters. The topological polar surface area (TPSA) is 30.7 Å². The fourth-order valence-corrected chi connectivity index (χ4v) is 2.67. The lowest BCUT2D eigenvalue weighted by atomic mass is 10.1. The van der Waals surface area contributed by atoms with Gasteiger partial charge in [0, 0.05) is 5.56 Å². The first-order valence-corrected chi connectivity index (χ1v) is 7.43. The van der Waals surface area contributed by atoms with Gasteiger partial charge in [0.2, 0.25) is 5.28 Å². The first-order chi connectivity index (χ1) is 10.3. The average molecular weight is 298 g/mol. The molecule has 1 heterocycles. The van der Waals surface area contributed by atoms with E-state index in [-0.39, 0.29) is 0 Å². The number of halogens is 1. The van der Waals surface area contributed by atoms with Gasteiger partial charge in [-0.15, -0.1) is 10.2 Å². The molecule has 1 aromatic heterocycles. The zero-order chi connectivity index (χ0) is 14.7. The number of nitrogens with zero attached hydrogens (tertiary/aromatic N) is 3. The van der Waals surface area contributed by atoms with Crippen LogP contribution in [0.2, 0.25) is 5.28 Å². The van der Waals surface area contributed by atoms with Crippen molar-refractivity contribution in [2.45, 2.75) is 19.8 Å². The molecule has 2 aromatic carbocycles. The highest BCUT2D eigenvalue weighted by atomic mass is 35.5. The molecule has 0 N–H and O–H groups in total. The molecule has 0 bridgehead atoms. The van der Waals surface area contributed by atoms with Crippen molar-refractivity contribution in [3.05, 3.63) is 65.4 Å². The smallest absolute Gasteiger partial charge is 0.229 e. The van der Waals surface area contributed by atoms with Gasteiger partial charge in [0.05, 0.1) is 5.69 Å². The van der Waals surface area contributed by atoms with E-state index in [4.69, 9.17) is 11.6 Å². The summed E-state index contributed by atoms with van der Waals surface area (Å²) in [6.07, 6.45) is 2.08. The Morgan fingerprint density at radius 1 is 0.952 bits per heavy atom. The fraction of sp³-hybridized carbons (Fsp3) is 0.176. The normalized spacial score (nSPS) is 10.8. The first-order valence-electron chi connectivity index (χ1n) is 7.06. The number of aryl methyl sites for hydroxylation is 1. The highest BCUT2D eigenvalue weighted by Crippen LogP contribution is 2.27. The molecule has 0 saturated heterocycles. The van der Waals surface area contributed by atoms with Crippen LogP contribution >= 0.6 is 11.6 Å². The van der Waals surface area contributed by atoms with Crippen molar-refractivity contribution >= 4 is 11.6 Å². The number of para-hydroxylation sites is 1. The second-order valence-electron chi connectivity index (χ2n) is 4.87. The summed E-state index contributed by atoms with van der Waals surface area (Å²) < 4.78 is 1.92. The molecular weight excluding hydrogens is 282 g/mol. The van der Waals surface area contributed by atoms with Gasteiger partial charge in [0.15, 0.2) is 5.82 Å². The van der Waals surface area contributed by atoms with Gasteiger partial charge >= 0.3 is 0 Å². The highest BCUT2D eigenvalue weighted by Gasteiger charge is 2.15. The predicted molar refractivity (Wildman–Crippen MR) is 85.8 cm³/mol. The molecule has 0 spiro atoms. The van der Waals surface area contributed by atoms with E-state index in [1.165, 1.54) is 5.56 Å². The molecule has 0 fully saturated rings. The third kappa shape index (κ3) is 2.69. The van der Waals surface area contributed by atoms with Crippen LogP contribution in [-0.2, 0) is 6.42 Å². The minimum absolute atomic E-state index is 0.386. The van der Waals surface area contributed by atoms with Gasteiger partial charge in [-0.05, 0) is 29.7 Å². The van der Waals surface area contributed by atoms with E-state index in [0.717, 1.165) is 29.9 Å². The molecule has 0 amide bonds. The van der Waals surface area contributed by atoms with E-state index in [1.54, 1.807) is 0 Å². The Morgan fingerprint density at radius 2 is 1.67 bits per heavy atom. The summed E-state index contributed by atoms with van der Waals surface area (Å²) in [7, 11) is 0. The number of hydrogen-bond acceptors (Lipinski definition) is 2. The van der Waals surface area contributed by atoms with Gasteiger partial charge in [0.25, 0.3) is 0 Å². The van der Waals surface area contributed by atoms with Crippen molar-refractivity contribution in [3.8, 4) is 17.1 Å². The lowest BCUT2D eigenvalue weighted by Crippen LogP contribution is -2.02. The zero-order valence-corrected chi connectivity index (χ0v) is 12.6. The van der Waals surface area contributed by atoms with Gasteiger partial charge < -0.3 is 0 Å². The van der Waals surface area contributed by atoms with Crippen molar-refractivity contribution < 1.29 is 0 Å². The second kappa shape index (κ2) is 6.10. The molecule has 0 aliphatic carbocycles. The van der Waals surface area contributed by atoms with Crippen molar-refractivity contribution in [1.29, 1.82) is 0 Å². The molecule has 0 aliphatic heterocycles. The average Bonchev–Trinajstić information content (AvgIpc) is 2.91. The molecule has 0 aliphatic rings.